The van der Waals surface area contributed by atoms with Crippen LogP contribution in [0.1, 0.15) is 5.56 Å². The van der Waals surface area contributed by atoms with Crippen LogP contribution in [0.5, 0.6) is 5.75 Å². The third kappa shape index (κ3) is 1.49. The standard InChI is InChI=1S/C8H8FO2/c1-11-7-4-2-3-6(5-10)8(7)9/h2-4H,5H2,1H3. The Morgan fingerprint density at radius 3 is 2.82 bits per heavy atom. The summed E-state index contributed by atoms with van der Waals surface area (Å²) in [5.41, 5.74) is 0.143. The molecular formula is C8H8FO2. The van der Waals surface area contributed by atoms with Gasteiger partial charge in [-0.1, -0.05) is 12.1 Å². The second-order valence-electron chi connectivity index (χ2n) is 2.08. The van der Waals surface area contributed by atoms with Crippen molar-refractivity contribution in [3.63, 3.8) is 0 Å². The van der Waals surface area contributed by atoms with Crippen LogP contribution in [0.15, 0.2) is 18.2 Å². The van der Waals surface area contributed by atoms with Gasteiger partial charge in [-0.3, -0.25) is 0 Å². The van der Waals surface area contributed by atoms with Gasteiger partial charge in [-0.2, -0.15) is 0 Å². The first kappa shape index (κ1) is 8.01. The van der Waals surface area contributed by atoms with Gasteiger partial charge in [-0.25, -0.2) is 9.50 Å². The Hall–Kier alpha value is -1.09. The fourth-order valence-electron chi connectivity index (χ4n) is 0.825. The Balaban J connectivity index is 3.10. The minimum Gasteiger partial charge on any atom is -0.494 e. The molecule has 3 heteroatoms. The van der Waals surface area contributed by atoms with Gasteiger partial charge in [0.1, 0.15) is 6.61 Å². The van der Waals surface area contributed by atoms with Crippen LogP contribution in [-0.4, -0.2) is 7.11 Å². The fraction of sp³-hybridized carbons (Fsp3) is 0.250. The van der Waals surface area contributed by atoms with Crippen LogP contribution in [0.25, 0.3) is 0 Å². The maximum absolute atomic E-state index is 12.9. The summed E-state index contributed by atoms with van der Waals surface area (Å²) in [6, 6.07) is 4.52. The number of rotatable bonds is 2. The zero-order chi connectivity index (χ0) is 8.27. The Bertz CT molecular complexity index is 226. The van der Waals surface area contributed by atoms with Gasteiger partial charge in [0, 0.05) is 5.56 Å². The smallest absolute Gasteiger partial charge is 0.170 e. The second kappa shape index (κ2) is 3.34. The first-order valence-electron chi connectivity index (χ1n) is 3.19. The monoisotopic (exact) mass is 155 g/mol. The lowest BCUT2D eigenvalue weighted by molar-refractivity contribution is 0.173. The number of ether oxygens (including phenoxy) is 1. The maximum Gasteiger partial charge on any atom is 0.170 e. The van der Waals surface area contributed by atoms with Crippen LogP contribution in [0.2, 0.25) is 0 Å². The summed E-state index contributed by atoms with van der Waals surface area (Å²) in [5.74, 6) is -0.427. The summed E-state index contributed by atoms with van der Waals surface area (Å²) in [4.78, 5) is 0. The third-order valence-electron chi connectivity index (χ3n) is 1.42. The van der Waals surface area contributed by atoms with Crippen molar-refractivity contribution in [2.24, 2.45) is 0 Å². The largest absolute Gasteiger partial charge is 0.494 e. The van der Waals surface area contributed by atoms with Crippen molar-refractivity contribution >= 4 is 0 Å². The van der Waals surface area contributed by atoms with Crippen LogP contribution in [0.3, 0.4) is 0 Å². The molecule has 0 N–H and O–H groups in total. The first-order valence-corrected chi connectivity index (χ1v) is 3.19. The number of hydrogen-bond donors (Lipinski definition) is 0. The molecule has 0 heterocycles. The van der Waals surface area contributed by atoms with Crippen molar-refractivity contribution in [2.75, 3.05) is 7.11 Å². The van der Waals surface area contributed by atoms with Crippen LogP contribution in [0.4, 0.5) is 4.39 Å². The fourth-order valence-corrected chi connectivity index (χ4v) is 0.825. The Kier molecular flexibility index (Phi) is 2.44. The van der Waals surface area contributed by atoms with Crippen LogP contribution < -0.4 is 4.74 Å². The number of methoxy groups -OCH3 is 1. The molecule has 59 valence electrons. The quantitative estimate of drug-likeness (QED) is 0.639. The van der Waals surface area contributed by atoms with Crippen molar-refractivity contribution in [3.05, 3.63) is 29.6 Å². The van der Waals surface area contributed by atoms with E-state index in [9.17, 15) is 9.50 Å². The highest BCUT2D eigenvalue weighted by atomic mass is 19.1. The molecule has 0 aromatic heterocycles. The highest BCUT2D eigenvalue weighted by molar-refractivity contribution is 5.30. The minimum absolute atomic E-state index is 0.123. The molecule has 1 aromatic carbocycles. The Labute approximate surface area is 64.2 Å². The predicted octanol–water partition coefficient (Wildman–Crippen LogP) is 1.76. The molecule has 0 saturated heterocycles. The van der Waals surface area contributed by atoms with E-state index < -0.39 is 12.4 Å². The van der Waals surface area contributed by atoms with Gasteiger partial charge in [0.2, 0.25) is 0 Å². The summed E-state index contributed by atoms with van der Waals surface area (Å²) >= 11 is 0. The zero-order valence-electron chi connectivity index (χ0n) is 6.13. The number of benzene rings is 1. The Morgan fingerprint density at radius 2 is 2.27 bits per heavy atom. The van der Waals surface area contributed by atoms with Gasteiger partial charge in [0.05, 0.1) is 7.11 Å². The third-order valence-corrected chi connectivity index (χ3v) is 1.42. The van der Waals surface area contributed by atoms with Crippen molar-refractivity contribution in [2.45, 2.75) is 6.61 Å². The van der Waals surface area contributed by atoms with E-state index in [2.05, 4.69) is 4.74 Å². The summed E-state index contributed by atoms with van der Waals surface area (Å²) < 4.78 is 17.6. The topological polar surface area (TPSA) is 29.1 Å². The van der Waals surface area contributed by atoms with Crippen molar-refractivity contribution in [1.29, 1.82) is 0 Å². The molecule has 0 saturated carbocycles. The molecule has 0 aliphatic carbocycles. The molecule has 1 rings (SSSR count). The molecule has 1 radical (unpaired) electrons. The van der Waals surface area contributed by atoms with Crippen molar-refractivity contribution in [3.8, 4) is 5.75 Å². The highest BCUT2D eigenvalue weighted by Gasteiger charge is 2.06. The maximum atomic E-state index is 12.9. The van der Waals surface area contributed by atoms with E-state index in [0.717, 1.165) is 0 Å². The van der Waals surface area contributed by atoms with Crippen molar-refractivity contribution < 1.29 is 14.2 Å². The van der Waals surface area contributed by atoms with E-state index >= 15 is 0 Å². The predicted molar refractivity (Wildman–Crippen MR) is 37.3 cm³/mol. The molecule has 11 heavy (non-hydrogen) atoms. The average molecular weight is 155 g/mol. The van der Waals surface area contributed by atoms with E-state index in [1.165, 1.54) is 19.2 Å². The first-order chi connectivity index (χ1) is 5.29. The van der Waals surface area contributed by atoms with Gasteiger partial charge >= 0.3 is 0 Å². The summed E-state index contributed by atoms with van der Waals surface area (Å²) in [5, 5.41) is 10.3. The normalized spacial score (nSPS) is 9.73. The molecule has 2 nitrogen and oxygen atoms in total. The summed E-state index contributed by atoms with van der Waals surface area (Å²) in [6.45, 7) is -0.553. The lowest BCUT2D eigenvalue weighted by Crippen LogP contribution is -1.93. The van der Waals surface area contributed by atoms with Gasteiger partial charge < -0.3 is 4.74 Å². The molecule has 0 fully saturated rings. The molecule has 0 aliphatic rings. The SMILES string of the molecule is COc1cccc(C[O])c1F. The summed E-state index contributed by atoms with van der Waals surface area (Å²) in [6.07, 6.45) is 0. The molecule has 0 unspecified atom stereocenters. The van der Waals surface area contributed by atoms with E-state index in [1.54, 1.807) is 6.07 Å². The van der Waals surface area contributed by atoms with E-state index in [1.807, 2.05) is 0 Å². The lowest BCUT2D eigenvalue weighted by Gasteiger charge is -2.02. The lowest BCUT2D eigenvalue weighted by atomic mass is 10.2. The summed E-state index contributed by atoms with van der Waals surface area (Å²) in [7, 11) is 1.37. The Morgan fingerprint density at radius 1 is 1.55 bits per heavy atom. The molecular weight excluding hydrogens is 147 g/mol. The van der Waals surface area contributed by atoms with Gasteiger partial charge in [-0.15, -0.1) is 0 Å². The van der Waals surface area contributed by atoms with Gasteiger partial charge in [-0.05, 0) is 6.07 Å². The van der Waals surface area contributed by atoms with Gasteiger partial charge in [0.15, 0.2) is 11.6 Å². The molecule has 0 spiro atoms. The molecule has 0 atom stereocenters. The van der Waals surface area contributed by atoms with E-state index in [0.29, 0.717) is 0 Å². The molecule has 1 aromatic rings. The number of halogens is 1. The van der Waals surface area contributed by atoms with Gasteiger partial charge in [0.25, 0.3) is 0 Å². The zero-order valence-corrected chi connectivity index (χ0v) is 6.13. The molecule has 0 amide bonds. The minimum atomic E-state index is -0.553. The van der Waals surface area contributed by atoms with E-state index in [4.69, 9.17) is 0 Å². The average Bonchev–Trinajstić information content (AvgIpc) is 2.05. The van der Waals surface area contributed by atoms with E-state index in [-0.39, 0.29) is 11.3 Å². The molecule has 0 aliphatic heterocycles. The molecule has 0 bridgehead atoms. The van der Waals surface area contributed by atoms with Crippen molar-refractivity contribution in [1.82, 2.24) is 0 Å². The van der Waals surface area contributed by atoms with Crippen LogP contribution in [0, 0.1) is 5.82 Å². The second-order valence-corrected chi connectivity index (χ2v) is 2.08. The number of hydrogen-bond acceptors (Lipinski definition) is 1. The van der Waals surface area contributed by atoms with Crippen LogP contribution >= 0.6 is 0 Å². The highest BCUT2D eigenvalue weighted by Crippen LogP contribution is 2.19. The van der Waals surface area contributed by atoms with Crippen LogP contribution in [-0.2, 0) is 11.7 Å².